The van der Waals surface area contributed by atoms with Gasteiger partial charge in [-0.1, -0.05) is 25.1 Å². The van der Waals surface area contributed by atoms with Crippen molar-refractivity contribution in [2.45, 2.75) is 19.8 Å². The van der Waals surface area contributed by atoms with Gasteiger partial charge in [0, 0.05) is 17.5 Å². The SMILES string of the molecule is CCCC(=O)c1ccccc1C(N)=O. The second kappa shape index (κ2) is 4.56. The van der Waals surface area contributed by atoms with Gasteiger partial charge in [0.05, 0.1) is 0 Å². The van der Waals surface area contributed by atoms with Crippen molar-refractivity contribution in [2.24, 2.45) is 5.73 Å². The highest BCUT2D eigenvalue weighted by Crippen LogP contribution is 2.11. The number of amides is 1. The number of ketones is 1. The fourth-order valence-corrected chi connectivity index (χ4v) is 1.30. The number of benzene rings is 1. The van der Waals surface area contributed by atoms with E-state index < -0.39 is 5.91 Å². The molecule has 1 aromatic rings. The molecule has 1 amide bonds. The Bertz CT molecular complexity index is 358. The first-order valence-electron chi connectivity index (χ1n) is 4.58. The summed E-state index contributed by atoms with van der Waals surface area (Å²) in [7, 11) is 0. The van der Waals surface area contributed by atoms with Gasteiger partial charge < -0.3 is 5.73 Å². The highest BCUT2D eigenvalue weighted by Gasteiger charge is 2.12. The molecule has 0 bridgehead atoms. The van der Waals surface area contributed by atoms with Crippen molar-refractivity contribution in [3.05, 3.63) is 35.4 Å². The van der Waals surface area contributed by atoms with Gasteiger partial charge in [0.1, 0.15) is 0 Å². The zero-order chi connectivity index (χ0) is 10.6. The quantitative estimate of drug-likeness (QED) is 0.737. The molecule has 0 aliphatic rings. The molecule has 3 heteroatoms. The minimum absolute atomic E-state index is 0.0260. The summed E-state index contributed by atoms with van der Waals surface area (Å²) in [5.74, 6) is -0.577. The molecule has 1 rings (SSSR count). The number of hydrogen-bond donors (Lipinski definition) is 1. The third-order valence-electron chi connectivity index (χ3n) is 1.97. The van der Waals surface area contributed by atoms with E-state index in [-0.39, 0.29) is 5.78 Å². The molecule has 0 saturated heterocycles. The third-order valence-corrected chi connectivity index (χ3v) is 1.97. The van der Waals surface area contributed by atoms with Gasteiger partial charge in [-0.3, -0.25) is 9.59 Å². The van der Waals surface area contributed by atoms with Gasteiger partial charge in [-0.2, -0.15) is 0 Å². The summed E-state index contributed by atoms with van der Waals surface area (Å²) in [4.78, 5) is 22.6. The molecule has 0 aromatic heterocycles. The van der Waals surface area contributed by atoms with E-state index in [1.165, 1.54) is 0 Å². The van der Waals surface area contributed by atoms with E-state index in [4.69, 9.17) is 5.73 Å². The summed E-state index contributed by atoms with van der Waals surface area (Å²) in [6.45, 7) is 1.92. The Morgan fingerprint density at radius 2 is 1.79 bits per heavy atom. The summed E-state index contributed by atoms with van der Waals surface area (Å²) < 4.78 is 0. The Labute approximate surface area is 82.9 Å². The minimum atomic E-state index is -0.551. The first-order valence-corrected chi connectivity index (χ1v) is 4.58. The van der Waals surface area contributed by atoms with Crippen LogP contribution in [0.15, 0.2) is 24.3 Å². The van der Waals surface area contributed by atoms with Crippen molar-refractivity contribution < 1.29 is 9.59 Å². The predicted molar refractivity (Wildman–Crippen MR) is 54.2 cm³/mol. The highest BCUT2D eigenvalue weighted by atomic mass is 16.1. The second-order valence-corrected chi connectivity index (χ2v) is 3.08. The topological polar surface area (TPSA) is 60.2 Å². The number of Topliss-reactive ketones (excluding diaryl/α,β-unsaturated/α-hetero) is 1. The van der Waals surface area contributed by atoms with Gasteiger partial charge in [0.2, 0.25) is 5.91 Å². The van der Waals surface area contributed by atoms with E-state index in [1.54, 1.807) is 24.3 Å². The van der Waals surface area contributed by atoms with E-state index in [0.29, 0.717) is 17.5 Å². The van der Waals surface area contributed by atoms with Crippen LogP contribution >= 0.6 is 0 Å². The average Bonchev–Trinajstić information content (AvgIpc) is 2.18. The third kappa shape index (κ3) is 2.19. The lowest BCUT2D eigenvalue weighted by Crippen LogP contribution is -2.16. The second-order valence-electron chi connectivity index (χ2n) is 3.08. The summed E-state index contributed by atoms with van der Waals surface area (Å²) in [5, 5.41) is 0. The number of rotatable bonds is 4. The van der Waals surface area contributed by atoms with Crippen molar-refractivity contribution in [3.8, 4) is 0 Å². The van der Waals surface area contributed by atoms with E-state index in [1.807, 2.05) is 6.92 Å². The van der Waals surface area contributed by atoms with Crippen LogP contribution in [-0.4, -0.2) is 11.7 Å². The van der Waals surface area contributed by atoms with Crippen LogP contribution in [0.5, 0.6) is 0 Å². The number of carbonyl (C=O) groups is 2. The Kier molecular flexibility index (Phi) is 3.40. The van der Waals surface area contributed by atoms with Crippen LogP contribution in [0, 0.1) is 0 Å². The molecule has 0 saturated carbocycles. The maximum Gasteiger partial charge on any atom is 0.249 e. The number of hydrogen-bond acceptors (Lipinski definition) is 2. The summed E-state index contributed by atoms with van der Waals surface area (Å²) in [6, 6.07) is 6.64. The van der Waals surface area contributed by atoms with Gasteiger partial charge in [-0.15, -0.1) is 0 Å². The van der Waals surface area contributed by atoms with Crippen LogP contribution in [0.4, 0.5) is 0 Å². The zero-order valence-electron chi connectivity index (χ0n) is 8.12. The standard InChI is InChI=1S/C11H13NO2/c1-2-5-10(13)8-6-3-4-7-9(8)11(12)14/h3-4,6-7H,2,5H2,1H3,(H2,12,14). The molecule has 0 aliphatic heterocycles. The molecule has 0 aliphatic carbocycles. The monoisotopic (exact) mass is 191 g/mol. The Hall–Kier alpha value is -1.64. The lowest BCUT2D eigenvalue weighted by Gasteiger charge is -2.03. The predicted octanol–water partition coefficient (Wildman–Crippen LogP) is 1.77. The van der Waals surface area contributed by atoms with E-state index in [0.717, 1.165) is 6.42 Å². The molecular weight excluding hydrogens is 178 g/mol. The van der Waals surface area contributed by atoms with E-state index >= 15 is 0 Å². The molecule has 1 aromatic carbocycles. The molecular formula is C11H13NO2. The van der Waals surface area contributed by atoms with E-state index in [2.05, 4.69) is 0 Å². The molecule has 74 valence electrons. The molecule has 0 radical (unpaired) electrons. The Morgan fingerprint density at radius 1 is 1.21 bits per heavy atom. The maximum atomic E-state index is 11.6. The first kappa shape index (κ1) is 10.4. The van der Waals surface area contributed by atoms with Crippen LogP contribution in [-0.2, 0) is 0 Å². The van der Waals surface area contributed by atoms with Gasteiger partial charge in [0.15, 0.2) is 5.78 Å². The van der Waals surface area contributed by atoms with Gasteiger partial charge in [0.25, 0.3) is 0 Å². The molecule has 0 unspecified atom stereocenters. The normalized spacial score (nSPS) is 9.79. The van der Waals surface area contributed by atoms with Crippen molar-refractivity contribution in [1.82, 2.24) is 0 Å². The molecule has 14 heavy (non-hydrogen) atoms. The molecule has 0 fully saturated rings. The Morgan fingerprint density at radius 3 is 2.29 bits per heavy atom. The van der Waals surface area contributed by atoms with Crippen LogP contribution < -0.4 is 5.73 Å². The molecule has 0 spiro atoms. The van der Waals surface area contributed by atoms with Crippen molar-refractivity contribution in [2.75, 3.05) is 0 Å². The minimum Gasteiger partial charge on any atom is -0.366 e. The smallest absolute Gasteiger partial charge is 0.249 e. The van der Waals surface area contributed by atoms with Gasteiger partial charge in [-0.05, 0) is 12.5 Å². The lowest BCUT2D eigenvalue weighted by atomic mass is 10.0. The number of nitrogens with two attached hydrogens (primary N) is 1. The van der Waals surface area contributed by atoms with Crippen LogP contribution in [0.3, 0.4) is 0 Å². The fraction of sp³-hybridized carbons (Fsp3) is 0.273. The summed E-state index contributed by atoms with van der Waals surface area (Å²) >= 11 is 0. The van der Waals surface area contributed by atoms with Crippen LogP contribution in [0.2, 0.25) is 0 Å². The zero-order valence-corrected chi connectivity index (χ0v) is 8.12. The average molecular weight is 191 g/mol. The summed E-state index contributed by atoms with van der Waals surface area (Å²) in [6.07, 6.45) is 1.22. The molecule has 3 nitrogen and oxygen atoms in total. The van der Waals surface area contributed by atoms with Gasteiger partial charge >= 0.3 is 0 Å². The summed E-state index contributed by atoms with van der Waals surface area (Å²) in [5.41, 5.74) is 5.90. The highest BCUT2D eigenvalue weighted by molar-refractivity contribution is 6.07. The Balaban J connectivity index is 3.07. The van der Waals surface area contributed by atoms with Crippen LogP contribution in [0.25, 0.3) is 0 Å². The number of carbonyl (C=O) groups excluding carboxylic acids is 2. The van der Waals surface area contributed by atoms with Gasteiger partial charge in [-0.25, -0.2) is 0 Å². The van der Waals surface area contributed by atoms with E-state index in [9.17, 15) is 9.59 Å². The lowest BCUT2D eigenvalue weighted by molar-refractivity contribution is 0.0956. The fourth-order valence-electron chi connectivity index (χ4n) is 1.30. The van der Waals surface area contributed by atoms with Crippen molar-refractivity contribution in [1.29, 1.82) is 0 Å². The molecule has 0 atom stereocenters. The molecule has 0 heterocycles. The first-order chi connectivity index (χ1) is 6.66. The molecule has 2 N–H and O–H groups in total. The van der Waals surface area contributed by atoms with Crippen LogP contribution in [0.1, 0.15) is 40.5 Å². The number of primary amides is 1. The largest absolute Gasteiger partial charge is 0.366 e. The van der Waals surface area contributed by atoms with Crippen molar-refractivity contribution in [3.63, 3.8) is 0 Å². The maximum absolute atomic E-state index is 11.6. The van der Waals surface area contributed by atoms with Crippen molar-refractivity contribution >= 4 is 11.7 Å².